The van der Waals surface area contributed by atoms with Crippen LogP contribution in [-0.4, -0.2) is 10.7 Å². The van der Waals surface area contributed by atoms with Gasteiger partial charge in [-0.25, -0.2) is 0 Å². The van der Waals surface area contributed by atoms with Crippen molar-refractivity contribution in [1.82, 2.24) is 6.15 Å². The molecule has 0 aliphatic rings. The molecule has 0 saturated heterocycles. The first-order chi connectivity index (χ1) is 3.41. The average molecular weight is 137 g/mol. The normalized spacial score (nSPS) is 8.67. The summed E-state index contributed by atoms with van der Waals surface area (Å²) in [5, 5.41) is 8.52. The minimum atomic E-state index is -0.500. The van der Waals surface area contributed by atoms with Crippen LogP contribution in [0.5, 0.6) is 0 Å². The summed E-state index contributed by atoms with van der Waals surface area (Å²) in [7, 11) is 0. The lowest BCUT2D eigenvalue weighted by molar-refractivity contribution is 0.102. The van der Waals surface area contributed by atoms with Crippen LogP contribution in [0.15, 0.2) is 0 Å². The predicted octanol–water partition coefficient (Wildman–Crippen LogP) is 2.60. The van der Waals surface area contributed by atoms with Crippen molar-refractivity contribution in [2.24, 2.45) is 0 Å². The van der Waals surface area contributed by atoms with Gasteiger partial charge in [-0.3, -0.25) is 0 Å². The number of aliphatic hydroxyl groups is 1. The Bertz CT molecular complexity index is 37.4. The molecule has 0 aliphatic carbocycles. The highest BCUT2D eigenvalue weighted by Gasteiger charge is 1.97. The van der Waals surface area contributed by atoms with E-state index in [0.29, 0.717) is 0 Å². The summed E-state index contributed by atoms with van der Waals surface area (Å²) < 4.78 is 0. The fourth-order valence-corrected chi connectivity index (χ4v) is 0. The molecule has 0 aromatic heterocycles. The molecule has 0 bridgehead atoms. The van der Waals surface area contributed by atoms with Crippen molar-refractivity contribution >= 4 is 0 Å². The second-order valence-electron chi connectivity index (χ2n) is 2.88. The average Bonchev–Trinajstić information content (AvgIpc) is 1.27. The molecule has 0 aromatic carbocycles. The Morgan fingerprint density at radius 3 is 1.22 bits per heavy atom. The first-order valence-corrected chi connectivity index (χ1v) is 3.14. The van der Waals surface area contributed by atoms with E-state index in [9.17, 15) is 0 Å². The zero-order valence-corrected chi connectivity index (χ0v) is 7.36. The van der Waals surface area contributed by atoms with Crippen molar-refractivity contribution in [2.75, 3.05) is 0 Å². The quantitative estimate of drug-likeness (QED) is 0.539. The fourth-order valence-electron chi connectivity index (χ4n) is 0. The molecule has 0 heterocycles. The predicted molar refractivity (Wildman–Crippen MR) is 45.1 cm³/mol. The highest BCUT2D eigenvalue weighted by molar-refractivity contribution is 4.50. The van der Waals surface area contributed by atoms with Gasteiger partial charge in [0.1, 0.15) is 0 Å². The summed E-state index contributed by atoms with van der Waals surface area (Å²) in [6.07, 6.45) is 1.25. The summed E-state index contributed by atoms with van der Waals surface area (Å²) >= 11 is 0. The second-order valence-corrected chi connectivity index (χ2v) is 2.88. The van der Waals surface area contributed by atoms with Gasteiger partial charge in [0, 0.05) is 1.43 Å². The van der Waals surface area contributed by atoms with Gasteiger partial charge >= 0.3 is 0 Å². The van der Waals surface area contributed by atoms with Gasteiger partial charge in [-0.15, -0.1) is 0 Å². The van der Waals surface area contributed by atoms with Crippen LogP contribution in [0.2, 0.25) is 0 Å². The van der Waals surface area contributed by atoms with Crippen LogP contribution in [0.1, 0.15) is 42.5 Å². The summed E-state index contributed by atoms with van der Waals surface area (Å²) in [6.45, 7) is 9.48. The molecule has 4 N–H and O–H groups in total. The zero-order valence-electron chi connectivity index (χ0n) is 7.36. The van der Waals surface area contributed by atoms with Crippen molar-refractivity contribution < 1.29 is 6.53 Å². The van der Waals surface area contributed by atoms with Crippen molar-refractivity contribution in [3.63, 3.8) is 0 Å². The van der Waals surface area contributed by atoms with E-state index in [4.69, 9.17) is 5.11 Å². The molecule has 0 aliphatic heterocycles. The maximum absolute atomic E-state index is 8.52. The molecule has 0 saturated carbocycles. The van der Waals surface area contributed by atoms with E-state index in [-0.39, 0.29) is 7.58 Å². The SMILES string of the molecule is CC(C)(C)O.CCC.N.[HH]. The summed E-state index contributed by atoms with van der Waals surface area (Å²) in [6, 6.07) is 0. The molecule has 0 radical (unpaired) electrons. The fraction of sp³-hybridized carbons (Fsp3) is 1.00. The Morgan fingerprint density at radius 2 is 1.22 bits per heavy atom. The van der Waals surface area contributed by atoms with E-state index in [1.165, 1.54) is 6.42 Å². The minimum absolute atomic E-state index is 0. The van der Waals surface area contributed by atoms with E-state index in [0.717, 1.165) is 0 Å². The molecular formula is C7H23NO. The molecule has 0 spiro atoms. The van der Waals surface area contributed by atoms with Crippen LogP contribution >= 0.6 is 0 Å². The van der Waals surface area contributed by atoms with E-state index >= 15 is 0 Å². The van der Waals surface area contributed by atoms with Gasteiger partial charge in [-0.2, -0.15) is 0 Å². The van der Waals surface area contributed by atoms with Crippen molar-refractivity contribution in [2.45, 2.75) is 46.6 Å². The van der Waals surface area contributed by atoms with Gasteiger partial charge in [0.25, 0.3) is 0 Å². The maximum atomic E-state index is 8.52. The van der Waals surface area contributed by atoms with E-state index in [2.05, 4.69) is 13.8 Å². The smallest absolute Gasteiger partial charge is 0.0563 e. The van der Waals surface area contributed by atoms with Crippen LogP contribution in [0.4, 0.5) is 0 Å². The van der Waals surface area contributed by atoms with Gasteiger partial charge in [-0.05, 0) is 20.8 Å². The first kappa shape index (κ1) is 16.0. The minimum Gasteiger partial charge on any atom is -0.391 e. The van der Waals surface area contributed by atoms with Gasteiger partial charge < -0.3 is 11.3 Å². The molecule has 2 nitrogen and oxygen atoms in total. The number of hydrogen-bond donors (Lipinski definition) is 2. The first-order valence-electron chi connectivity index (χ1n) is 3.14. The third-order valence-corrected chi connectivity index (χ3v) is 0. The van der Waals surface area contributed by atoms with E-state index in [1.807, 2.05) is 0 Å². The summed E-state index contributed by atoms with van der Waals surface area (Å²) in [4.78, 5) is 0. The molecule has 9 heavy (non-hydrogen) atoms. The third kappa shape index (κ3) is 43400. The van der Waals surface area contributed by atoms with E-state index < -0.39 is 5.60 Å². The number of hydrogen-bond acceptors (Lipinski definition) is 2. The molecule has 62 valence electrons. The van der Waals surface area contributed by atoms with Gasteiger partial charge in [-0.1, -0.05) is 20.3 Å². The standard InChI is InChI=1S/C4H10O.C3H8.H3N.H2/c1-4(2,3)5;1-3-2;;/h5H,1-3H3;3H2,1-2H3;1H3;1H. The highest BCUT2D eigenvalue weighted by atomic mass is 16.3. The van der Waals surface area contributed by atoms with Crippen LogP contribution in [-0.2, 0) is 0 Å². The number of rotatable bonds is 0. The van der Waals surface area contributed by atoms with Crippen LogP contribution in [0.25, 0.3) is 0 Å². The van der Waals surface area contributed by atoms with Crippen molar-refractivity contribution in [3.8, 4) is 0 Å². The van der Waals surface area contributed by atoms with E-state index in [1.54, 1.807) is 20.8 Å². The van der Waals surface area contributed by atoms with Crippen molar-refractivity contribution in [1.29, 1.82) is 0 Å². The van der Waals surface area contributed by atoms with Gasteiger partial charge in [0.15, 0.2) is 0 Å². The topological polar surface area (TPSA) is 55.2 Å². The summed E-state index contributed by atoms with van der Waals surface area (Å²) in [5.41, 5.74) is -0.500. The Morgan fingerprint density at radius 1 is 1.22 bits per heavy atom. The molecule has 0 amide bonds. The van der Waals surface area contributed by atoms with Crippen LogP contribution in [0.3, 0.4) is 0 Å². The molecular weight excluding hydrogens is 114 g/mol. The lowest BCUT2D eigenvalue weighted by Gasteiger charge is -2.04. The maximum Gasteiger partial charge on any atom is 0.0563 e. The molecule has 0 fully saturated rings. The molecule has 0 atom stereocenters. The Hall–Kier alpha value is -0.0800. The Balaban J connectivity index is -0.0000000326. The van der Waals surface area contributed by atoms with Gasteiger partial charge in [0.2, 0.25) is 0 Å². The molecule has 2 heteroatoms. The monoisotopic (exact) mass is 137 g/mol. The third-order valence-electron chi connectivity index (χ3n) is 0. The molecule has 0 rings (SSSR count). The Labute approximate surface area is 60.3 Å². The lowest BCUT2D eigenvalue weighted by atomic mass is 10.2. The van der Waals surface area contributed by atoms with Crippen LogP contribution in [0, 0.1) is 0 Å². The molecule has 0 aromatic rings. The summed E-state index contributed by atoms with van der Waals surface area (Å²) in [5.74, 6) is 0. The second kappa shape index (κ2) is 7.92. The van der Waals surface area contributed by atoms with Crippen LogP contribution < -0.4 is 6.15 Å². The molecule has 0 unspecified atom stereocenters. The van der Waals surface area contributed by atoms with Gasteiger partial charge in [0.05, 0.1) is 5.60 Å². The zero-order chi connectivity index (χ0) is 7.21. The Kier molecular flexibility index (Phi) is 14.0. The highest BCUT2D eigenvalue weighted by Crippen LogP contribution is 1.93. The van der Waals surface area contributed by atoms with Crippen molar-refractivity contribution in [3.05, 3.63) is 0 Å². The largest absolute Gasteiger partial charge is 0.391 e. The lowest BCUT2D eigenvalue weighted by Crippen LogP contribution is -2.10.